The van der Waals surface area contributed by atoms with Crippen LogP contribution >= 0.6 is 0 Å². The molecule has 0 aliphatic heterocycles. The van der Waals surface area contributed by atoms with E-state index in [1.54, 1.807) is 0 Å². The van der Waals surface area contributed by atoms with Crippen molar-refractivity contribution in [3.05, 3.63) is 42.2 Å². The molecule has 24 heavy (non-hydrogen) atoms. The van der Waals surface area contributed by atoms with Gasteiger partial charge in [0.05, 0.1) is 11.9 Å². The van der Waals surface area contributed by atoms with Gasteiger partial charge in [-0.3, -0.25) is 4.79 Å². The van der Waals surface area contributed by atoms with Gasteiger partial charge in [0, 0.05) is 19.1 Å². The number of amides is 1. The van der Waals surface area contributed by atoms with Crippen LogP contribution in [-0.2, 0) is 0 Å². The number of benzene rings is 1. The monoisotopic (exact) mass is 327 g/mol. The molecule has 0 unspecified atom stereocenters. The average molecular weight is 327 g/mol. The van der Waals surface area contributed by atoms with Crippen LogP contribution in [0.4, 0.5) is 0 Å². The Morgan fingerprint density at radius 2 is 1.83 bits per heavy atom. The van der Waals surface area contributed by atoms with E-state index >= 15 is 0 Å². The van der Waals surface area contributed by atoms with Crippen molar-refractivity contribution in [2.45, 2.75) is 44.6 Å². The lowest BCUT2D eigenvalue weighted by Crippen LogP contribution is -2.37. The highest BCUT2D eigenvalue weighted by Gasteiger charge is 2.13. The van der Waals surface area contributed by atoms with Gasteiger partial charge in [-0.1, -0.05) is 43.9 Å². The van der Waals surface area contributed by atoms with Gasteiger partial charge in [-0.2, -0.15) is 9.90 Å². The maximum atomic E-state index is 12.1. The van der Waals surface area contributed by atoms with Crippen LogP contribution in [0.25, 0.3) is 5.69 Å². The molecule has 1 fully saturated rings. The van der Waals surface area contributed by atoms with E-state index in [2.05, 4.69) is 20.8 Å². The third-order valence-electron chi connectivity index (χ3n) is 4.41. The molecule has 1 saturated carbocycles. The molecule has 3 rings (SSSR count). The molecule has 6 nitrogen and oxygen atoms in total. The average Bonchev–Trinajstić information content (AvgIpc) is 2.97. The lowest BCUT2D eigenvalue weighted by atomic mass is 10.1. The number of para-hydroxylation sites is 1. The Labute approximate surface area is 142 Å². The third-order valence-corrected chi connectivity index (χ3v) is 4.41. The molecule has 1 heterocycles. The van der Waals surface area contributed by atoms with Crippen LogP contribution in [0.5, 0.6) is 0 Å². The lowest BCUT2D eigenvalue weighted by Gasteiger charge is -2.16. The summed E-state index contributed by atoms with van der Waals surface area (Å²) in [5, 5.41) is 14.8. The van der Waals surface area contributed by atoms with Crippen molar-refractivity contribution in [3.8, 4) is 5.69 Å². The van der Waals surface area contributed by atoms with Crippen LogP contribution in [0.2, 0.25) is 0 Å². The molecule has 6 heteroatoms. The largest absolute Gasteiger partial charge is 0.349 e. The van der Waals surface area contributed by atoms with E-state index in [1.807, 2.05) is 30.3 Å². The Hall–Kier alpha value is -2.21. The minimum atomic E-state index is -0.181. The van der Waals surface area contributed by atoms with Crippen molar-refractivity contribution < 1.29 is 4.79 Å². The number of nitrogens with one attached hydrogen (secondary N) is 2. The molecule has 0 saturated heterocycles. The Balaban J connectivity index is 1.43. The fourth-order valence-electron chi connectivity index (χ4n) is 3.08. The SMILES string of the molecule is O=C(NCCNC1CCCCCC1)c1cnn(-c2ccccc2)n1. The quantitative estimate of drug-likeness (QED) is 0.631. The van der Waals surface area contributed by atoms with Gasteiger partial charge in [-0.15, -0.1) is 5.10 Å². The molecular formula is C18H25N5O. The standard InChI is InChI=1S/C18H25N5O/c24-18(20-13-12-19-15-8-4-1-2-5-9-15)17-14-21-23(22-17)16-10-6-3-7-11-16/h3,6-7,10-11,14-15,19H,1-2,4-5,8-9,12-13H2,(H,20,24). The molecule has 1 aliphatic carbocycles. The van der Waals surface area contributed by atoms with E-state index in [-0.39, 0.29) is 5.91 Å². The molecule has 1 aliphatic rings. The number of carbonyl (C=O) groups excluding carboxylic acids is 1. The molecule has 1 amide bonds. The van der Waals surface area contributed by atoms with Crippen molar-refractivity contribution in [2.24, 2.45) is 0 Å². The number of hydrogen-bond acceptors (Lipinski definition) is 4. The van der Waals surface area contributed by atoms with Gasteiger partial charge in [0.2, 0.25) is 0 Å². The van der Waals surface area contributed by atoms with Crippen molar-refractivity contribution in [1.29, 1.82) is 0 Å². The van der Waals surface area contributed by atoms with Crippen molar-refractivity contribution in [2.75, 3.05) is 13.1 Å². The molecule has 128 valence electrons. The number of aromatic nitrogens is 3. The maximum Gasteiger partial charge on any atom is 0.273 e. The van der Waals surface area contributed by atoms with Gasteiger partial charge in [0.15, 0.2) is 5.69 Å². The summed E-state index contributed by atoms with van der Waals surface area (Å²) in [6.45, 7) is 1.40. The Morgan fingerprint density at radius 1 is 1.08 bits per heavy atom. The van der Waals surface area contributed by atoms with Gasteiger partial charge in [0.1, 0.15) is 0 Å². The summed E-state index contributed by atoms with van der Waals surface area (Å²) in [6.07, 6.45) is 9.33. The Bertz CT molecular complexity index is 632. The topological polar surface area (TPSA) is 71.8 Å². The number of hydrogen-bond donors (Lipinski definition) is 2. The fraction of sp³-hybridized carbons (Fsp3) is 0.500. The van der Waals surface area contributed by atoms with Crippen LogP contribution < -0.4 is 10.6 Å². The number of nitrogens with zero attached hydrogens (tertiary/aromatic N) is 3. The summed E-state index contributed by atoms with van der Waals surface area (Å²) in [4.78, 5) is 13.6. The van der Waals surface area contributed by atoms with Gasteiger partial charge in [-0.25, -0.2) is 0 Å². The summed E-state index contributed by atoms with van der Waals surface area (Å²) in [5.41, 5.74) is 1.18. The van der Waals surface area contributed by atoms with Gasteiger partial charge < -0.3 is 10.6 Å². The lowest BCUT2D eigenvalue weighted by molar-refractivity contribution is 0.0948. The number of carbonyl (C=O) groups is 1. The van der Waals surface area contributed by atoms with Crippen LogP contribution in [0.3, 0.4) is 0 Å². The van der Waals surface area contributed by atoms with Crippen molar-refractivity contribution >= 4 is 5.91 Å². The molecular weight excluding hydrogens is 302 g/mol. The molecule has 0 atom stereocenters. The Morgan fingerprint density at radius 3 is 2.58 bits per heavy atom. The summed E-state index contributed by atoms with van der Waals surface area (Å²) in [6, 6.07) is 10.2. The summed E-state index contributed by atoms with van der Waals surface area (Å²) in [5.74, 6) is -0.181. The minimum Gasteiger partial charge on any atom is -0.349 e. The first-order valence-electron chi connectivity index (χ1n) is 8.82. The normalized spacial score (nSPS) is 15.8. The molecule has 0 radical (unpaired) electrons. The molecule has 0 spiro atoms. The molecule has 2 aromatic rings. The van der Waals surface area contributed by atoms with Gasteiger partial charge >= 0.3 is 0 Å². The van der Waals surface area contributed by atoms with Crippen molar-refractivity contribution in [1.82, 2.24) is 25.6 Å². The zero-order valence-electron chi connectivity index (χ0n) is 13.9. The van der Waals surface area contributed by atoms with Crippen LogP contribution in [0.15, 0.2) is 36.5 Å². The second-order valence-corrected chi connectivity index (χ2v) is 6.25. The highest BCUT2D eigenvalue weighted by atomic mass is 16.2. The summed E-state index contributed by atoms with van der Waals surface area (Å²) in [7, 11) is 0. The van der Waals surface area contributed by atoms with E-state index in [9.17, 15) is 4.79 Å². The molecule has 2 N–H and O–H groups in total. The minimum absolute atomic E-state index is 0.181. The first kappa shape index (κ1) is 16.6. The Kier molecular flexibility index (Phi) is 5.96. The zero-order valence-corrected chi connectivity index (χ0v) is 13.9. The second-order valence-electron chi connectivity index (χ2n) is 6.25. The van der Waals surface area contributed by atoms with E-state index in [1.165, 1.54) is 49.5 Å². The fourth-order valence-corrected chi connectivity index (χ4v) is 3.08. The van der Waals surface area contributed by atoms with E-state index in [0.29, 0.717) is 18.3 Å². The van der Waals surface area contributed by atoms with Crippen LogP contribution in [0, 0.1) is 0 Å². The van der Waals surface area contributed by atoms with Crippen LogP contribution in [0.1, 0.15) is 49.0 Å². The summed E-state index contributed by atoms with van der Waals surface area (Å²) >= 11 is 0. The van der Waals surface area contributed by atoms with Gasteiger partial charge in [-0.05, 0) is 25.0 Å². The highest BCUT2D eigenvalue weighted by Crippen LogP contribution is 2.16. The maximum absolute atomic E-state index is 12.1. The van der Waals surface area contributed by atoms with E-state index < -0.39 is 0 Å². The highest BCUT2D eigenvalue weighted by molar-refractivity contribution is 5.91. The van der Waals surface area contributed by atoms with Crippen LogP contribution in [-0.4, -0.2) is 40.0 Å². The van der Waals surface area contributed by atoms with Crippen molar-refractivity contribution in [3.63, 3.8) is 0 Å². The molecule has 1 aromatic carbocycles. The van der Waals surface area contributed by atoms with E-state index in [4.69, 9.17) is 0 Å². The summed E-state index contributed by atoms with van der Waals surface area (Å²) < 4.78 is 0. The molecule has 0 bridgehead atoms. The predicted molar refractivity (Wildman–Crippen MR) is 93.2 cm³/mol. The smallest absolute Gasteiger partial charge is 0.273 e. The second kappa shape index (κ2) is 8.59. The predicted octanol–water partition coefficient (Wildman–Crippen LogP) is 2.31. The van der Waals surface area contributed by atoms with Gasteiger partial charge in [0.25, 0.3) is 5.91 Å². The first-order valence-corrected chi connectivity index (χ1v) is 8.82. The van der Waals surface area contributed by atoms with E-state index in [0.717, 1.165) is 12.2 Å². The third kappa shape index (κ3) is 4.64. The first-order chi connectivity index (χ1) is 11.8. The zero-order chi connectivity index (χ0) is 16.6. The molecule has 1 aromatic heterocycles. The number of rotatable bonds is 6.